The number of piperidine rings is 1. The van der Waals surface area contributed by atoms with E-state index in [0.717, 1.165) is 25.7 Å². The molecule has 2 bridgehead atoms. The molecule has 2 aliphatic heterocycles. The van der Waals surface area contributed by atoms with E-state index >= 15 is 0 Å². The van der Waals surface area contributed by atoms with Crippen molar-refractivity contribution in [1.29, 1.82) is 0 Å². The van der Waals surface area contributed by atoms with Gasteiger partial charge in [-0.1, -0.05) is 5.59 Å². The molecule has 6 nitrogen and oxygen atoms in total. The Kier molecular flexibility index (Phi) is 3.75. The maximum atomic E-state index is 11.1. The highest BCUT2D eigenvalue weighted by molar-refractivity contribution is 5.69. The minimum atomic E-state index is -0.340. The number of carbonyl (C=O) groups excluding carboxylic acids is 1. The van der Waals surface area contributed by atoms with E-state index in [-0.39, 0.29) is 12.1 Å². The van der Waals surface area contributed by atoms with Gasteiger partial charge in [-0.3, -0.25) is 9.69 Å². The summed E-state index contributed by atoms with van der Waals surface area (Å²) in [5, 5.41) is 9.62. The minimum absolute atomic E-state index is 0.161. The summed E-state index contributed by atoms with van der Waals surface area (Å²) in [6, 6.07) is 0.875. The Morgan fingerprint density at radius 1 is 1.44 bits per heavy atom. The summed E-state index contributed by atoms with van der Waals surface area (Å²) >= 11 is 0. The first-order chi connectivity index (χ1) is 7.70. The molecule has 2 atom stereocenters. The smallest absolute Gasteiger partial charge is 0.327 e. The van der Waals surface area contributed by atoms with Crippen LogP contribution in [-0.4, -0.2) is 40.7 Å². The molecule has 0 aliphatic carbocycles. The summed E-state index contributed by atoms with van der Waals surface area (Å²) < 4.78 is 0. The van der Waals surface area contributed by atoms with Gasteiger partial charge in [-0.05, 0) is 25.7 Å². The molecule has 0 radical (unpaired) electrons. The van der Waals surface area contributed by atoms with E-state index in [1.807, 2.05) is 5.59 Å². The van der Waals surface area contributed by atoms with Crippen LogP contribution in [0.3, 0.4) is 0 Å². The third-order valence-electron chi connectivity index (χ3n) is 3.61. The van der Waals surface area contributed by atoms with E-state index < -0.39 is 0 Å². The van der Waals surface area contributed by atoms with Gasteiger partial charge in [-0.2, -0.15) is 0 Å². The zero-order chi connectivity index (χ0) is 11.5. The Bertz CT molecular complexity index is 248. The number of nitrogens with one attached hydrogen (secondary N) is 1. The fourth-order valence-electron chi connectivity index (χ4n) is 2.95. The van der Waals surface area contributed by atoms with E-state index in [1.54, 1.807) is 0 Å². The van der Waals surface area contributed by atoms with Crippen LogP contribution in [0.25, 0.3) is 0 Å². The third kappa shape index (κ3) is 2.52. The van der Waals surface area contributed by atoms with Crippen LogP contribution in [0.2, 0.25) is 0 Å². The molecule has 0 spiro atoms. The van der Waals surface area contributed by atoms with Gasteiger partial charge in [0, 0.05) is 18.6 Å². The SMILES string of the molecule is NNOC(=O)CCN1C2CCC1CC(O)C2. The van der Waals surface area contributed by atoms with Gasteiger partial charge in [0.15, 0.2) is 0 Å². The van der Waals surface area contributed by atoms with Crippen LogP contribution in [0.1, 0.15) is 32.1 Å². The molecule has 0 amide bonds. The molecule has 0 aromatic carbocycles. The van der Waals surface area contributed by atoms with E-state index in [1.165, 1.54) is 0 Å². The number of fused-ring (bicyclic) bond motifs is 2. The number of rotatable bonds is 4. The lowest BCUT2D eigenvalue weighted by molar-refractivity contribution is -0.151. The van der Waals surface area contributed by atoms with Crippen LogP contribution in [0, 0.1) is 0 Å². The number of hydrazine groups is 1. The van der Waals surface area contributed by atoms with Crippen LogP contribution in [0.15, 0.2) is 0 Å². The Morgan fingerprint density at radius 2 is 2.06 bits per heavy atom. The second-order valence-electron chi connectivity index (χ2n) is 4.59. The minimum Gasteiger partial charge on any atom is -0.393 e. The first kappa shape index (κ1) is 11.8. The topological polar surface area (TPSA) is 87.8 Å². The second kappa shape index (κ2) is 5.09. The molecular formula is C10H19N3O3. The van der Waals surface area contributed by atoms with Crippen molar-refractivity contribution in [2.75, 3.05) is 6.54 Å². The maximum absolute atomic E-state index is 11.1. The van der Waals surface area contributed by atoms with Gasteiger partial charge >= 0.3 is 5.97 Å². The van der Waals surface area contributed by atoms with Crippen molar-refractivity contribution in [3.8, 4) is 0 Å². The van der Waals surface area contributed by atoms with Crippen LogP contribution in [0.4, 0.5) is 0 Å². The molecule has 2 fully saturated rings. The third-order valence-corrected chi connectivity index (χ3v) is 3.61. The summed E-state index contributed by atoms with van der Waals surface area (Å²) in [5.41, 5.74) is 1.89. The fourth-order valence-corrected chi connectivity index (χ4v) is 2.95. The molecule has 2 saturated heterocycles. The molecule has 92 valence electrons. The van der Waals surface area contributed by atoms with E-state index in [2.05, 4.69) is 9.74 Å². The average Bonchev–Trinajstić information content (AvgIpc) is 2.47. The molecule has 2 heterocycles. The molecule has 2 rings (SSSR count). The largest absolute Gasteiger partial charge is 0.393 e. The molecule has 6 heteroatoms. The van der Waals surface area contributed by atoms with Gasteiger partial charge in [-0.15, -0.1) is 0 Å². The van der Waals surface area contributed by atoms with E-state index in [4.69, 9.17) is 5.84 Å². The number of aliphatic hydroxyl groups excluding tert-OH is 1. The van der Waals surface area contributed by atoms with Gasteiger partial charge in [0.25, 0.3) is 0 Å². The Morgan fingerprint density at radius 3 is 2.62 bits per heavy atom. The first-order valence-corrected chi connectivity index (χ1v) is 5.79. The molecule has 2 aliphatic rings. The Labute approximate surface area is 94.7 Å². The molecule has 2 unspecified atom stereocenters. The Hall–Kier alpha value is -0.690. The predicted molar refractivity (Wildman–Crippen MR) is 56.8 cm³/mol. The van der Waals surface area contributed by atoms with Gasteiger partial charge in [0.2, 0.25) is 0 Å². The first-order valence-electron chi connectivity index (χ1n) is 5.79. The van der Waals surface area contributed by atoms with Crippen LogP contribution >= 0.6 is 0 Å². The van der Waals surface area contributed by atoms with Crippen LogP contribution < -0.4 is 11.4 Å². The number of nitrogens with two attached hydrogens (primary N) is 1. The summed E-state index contributed by atoms with van der Waals surface area (Å²) in [4.78, 5) is 17.9. The summed E-state index contributed by atoms with van der Waals surface area (Å²) in [7, 11) is 0. The van der Waals surface area contributed by atoms with Gasteiger partial charge in [0.1, 0.15) is 0 Å². The average molecular weight is 229 g/mol. The normalized spacial score (nSPS) is 34.0. The van der Waals surface area contributed by atoms with Crippen molar-refractivity contribution in [3.63, 3.8) is 0 Å². The van der Waals surface area contributed by atoms with Crippen molar-refractivity contribution in [3.05, 3.63) is 0 Å². The van der Waals surface area contributed by atoms with E-state index in [0.29, 0.717) is 25.0 Å². The fraction of sp³-hybridized carbons (Fsp3) is 0.900. The van der Waals surface area contributed by atoms with Crippen molar-refractivity contribution >= 4 is 5.97 Å². The quantitative estimate of drug-likeness (QED) is 0.436. The molecular weight excluding hydrogens is 210 g/mol. The molecule has 4 N–H and O–H groups in total. The summed E-state index contributed by atoms with van der Waals surface area (Å²) in [5.74, 6) is 4.54. The highest BCUT2D eigenvalue weighted by atomic mass is 16.7. The molecule has 0 aromatic rings. The molecule has 16 heavy (non-hydrogen) atoms. The predicted octanol–water partition coefficient (Wildman–Crippen LogP) is -0.714. The standard InChI is InChI=1S/C10H19N3O3/c11-12-16-10(15)3-4-13-7-1-2-8(13)6-9(14)5-7/h7-9,12,14H,1-6,11H2. The van der Waals surface area contributed by atoms with Gasteiger partial charge in [-0.25, -0.2) is 5.84 Å². The van der Waals surface area contributed by atoms with Gasteiger partial charge in [0.05, 0.1) is 12.5 Å². The number of hydrogen-bond acceptors (Lipinski definition) is 6. The van der Waals surface area contributed by atoms with Crippen LogP contribution in [0.5, 0.6) is 0 Å². The van der Waals surface area contributed by atoms with Crippen molar-refractivity contribution in [2.24, 2.45) is 5.84 Å². The lowest BCUT2D eigenvalue weighted by atomic mass is 10.00. The highest BCUT2D eigenvalue weighted by Crippen LogP contribution is 2.35. The molecule has 0 aromatic heterocycles. The number of hydrogen-bond donors (Lipinski definition) is 3. The maximum Gasteiger partial charge on any atom is 0.327 e. The van der Waals surface area contributed by atoms with Crippen LogP contribution in [-0.2, 0) is 9.63 Å². The van der Waals surface area contributed by atoms with E-state index in [9.17, 15) is 9.90 Å². The van der Waals surface area contributed by atoms with Crippen molar-refractivity contribution < 1.29 is 14.7 Å². The summed E-state index contributed by atoms with van der Waals surface area (Å²) in [6.45, 7) is 0.697. The lowest BCUT2D eigenvalue weighted by Crippen LogP contribution is -2.45. The molecule has 0 saturated carbocycles. The zero-order valence-corrected chi connectivity index (χ0v) is 9.26. The highest BCUT2D eigenvalue weighted by Gasteiger charge is 2.39. The Balaban J connectivity index is 1.80. The van der Waals surface area contributed by atoms with Crippen molar-refractivity contribution in [2.45, 2.75) is 50.3 Å². The number of aliphatic hydroxyl groups is 1. The number of nitrogens with zero attached hydrogens (tertiary/aromatic N) is 1. The summed E-state index contributed by atoms with van der Waals surface area (Å²) in [6.07, 6.45) is 4.11. The lowest BCUT2D eigenvalue weighted by Gasteiger charge is -2.36. The zero-order valence-electron chi connectivity index (χ0n) is 9.26. The number of carbonyl (C=O) groups is 1. The van der Waals surface area contributed by atoms with Crippen molar-refractivity contribution in [1.82, 2.24) is 10.5 Å². The second-order valence-corrected chi connectivity index (χ2v) is 4.59. The van der Waals surface area contributed by atoms with Gasteiger partial charge < -0.3 is 9.94 Å². The monoisotopic (exact) mass is 229 g/mol.